The van der Waals surface area contributed by atoms with Gasteiger partial charge in [-0.25, -0.2) is 4.79 Å². The van der Waals surface area contributed by atoms with Crippen LogP contribution in [-0.4, -0.2) is 59.9 Å². The molecule has 1 saturated heterocycles. The summed E-state index contributed by atoms with van der Waals surface area (Å²) < 4.78 is 9.14. The van der Waals surface area contributed by atoms with E-state index in [-0.39, 0.29) is 6.03 Å². The van der Waals surface area contributed by atoms with Crippen molar-refractivity contribution in [3.8, 4) is 11.3 Å². The number of hydrogen-bond acceptors (Lipinski definition) is 6. The zero-order valence-electron chi connectivity index (χ0n) is 12.7. The fourth-order valence-corrected chi connectivity index (χ4v) is 2.81. The van der Waals surface area contributed by atoms with E-state index in [0.29, 0.717) is 6.54 Å². The molecule has 1 aromatic heterocycles. The lowest BCUT2D eigenvalue weighted by Crippen LogP contribution is -2.42. The molecule has 8 heteroatoms. The van der Waals surface area contributed by atoms with Crippen molar-refractivity contribution >= 4 is 23.3 Å². The summed E-state index contributed by atoms with van der Waals surface area (Å²) in [5.74, 6) is 0. The second-order valence-corrected chi connectivity index (χ2v) is 5.81. The van der Waals surface area contributed by atoms with E-state index in [1.54, 1.807) is 0 Å². The van der Waals surface area contributed by atoms with Gasteiger partial charge in [0.25, 0.3) is 0 Å². The first-order valence-corrected chi connectivity index (χ1v) is 8.37. The number of rotatable bonds is 5. The van der Waals surface area contributed by atoms with E-state index < -0.39 is 0 Å². The van der Waals surface area contributed by atoms with Crippen LogP contribution in [0.5, 0.6) is 0 Å². The highest BCUT2D eigenvalue weighted by atomic mass is 32.1. The average Bonchev–Trinajstić information content (AvgIpc) is 3.11. The molecule has 2 heterocycles. The van der Waals surface area contributed by atoms with Crippen LogP contribution >= 0.6 is 11.5 Å². The Morgan fingerprint density at radius 2 is 2.04 bits per heavy atom. The molecule has 0 unspecified atom stereocenters. The van der Waals surface area contributed by atoms with E-state index in [1.807, 2.05) is 29.6 Å². The van der Waals surface area contributed by atoms with Gasteiger partial charge in [-0.15, -0.1) is 5.10 Å². The molecule has 0 aliphatic carbocycles. The van der Waals surface area contributed by atoms with Crippen molar-refractivity contribution in [1.82, 2.24) is 19.8 Å². The van der Waals surface area contributed by atoms with Gasteiger partial charge in [0, 0.05) is 42.8 Å². The third-order valence-corrected chi connectivity index (χ3v) is 4.12. The number of morpholine rings is 1. The number of hydrogen-bond donors (Lipinski definition) is 2. The molecular formula is C15H19N5O2S. The highest BCUT2D eigenvalue weighted by Gasteiger charge is 2.10. The first kappa shape index (κ1) is 15.9. The number of nitrogens with zero attached hydrogens (tertiary/aromatic N) is 3. The lowest BCUT2D eigenvalue weighted by atomic mass is 10.1. The lowest BCUT2D eigenvalue weighted by Gasteiger charge is -2.26. The van der Waals surface area contributed by atoms with E-state index in [9.17, 15) is 4.79 Å². The van der Waals surface area contributed by atoms with Crippen LogP contribution in [0.25, 0.3) is 11.3 Å². The summed E-state index contributed by atoms with van der Waals surface area (Å²) in [5, 5.41) is 11.6. The predicted octanol–water partition coefficient (Wildman–Crippen LogP) is 1.66. The minimum atomic E-state index is -0.193. The third-order valence-electron chi connectivity index (χ3n) is 3.62. The summed E-state index contributed by atoms with van der Waals surface area (Å²) in [6.07, 6.45) is 0. The molecule has 2 N–H and O–H groups in total. The van der Waals surface area contributed by atoms with Crippen molar-refractivity contribution in [1.29, 1.82) is 0 Å². The van der Waals surface area contributed by atoms with Gasteiger partial charge in [-0.2, -0.15) is 0 Å². The summed E-state index contributed by atoms with van der Waals surface area (Å²) >= 11 is 1.32. The van der Waals surface area contributed by atoms with Crippen LogP contribution in [0, 0.1) is 0 Å². The van der Waals surface area contributed by atoms with Gasteiger partial charge in [0.1, 0.15) is 5.69 Å². The molecule has 122 valence electrons. The number of carbonyl (C=O) groups is 1. The standard InChI is InChI=1S/C15H19N5O2S/c21-15(16-5-6-20-7-9-22-10-8-20)17-13-3-1-12(2-4-13)14-11-23-19-18-14/h1-4,11H,5-10H2,(H2,16,17,21). The molecule has 23 heavy (non-hydrogen) atoms. The Labute approximate surface area is 138 Å². The van der Waals surface area contributed by atoms with Crippen molar-refractivity contribution in [2.45, 2.75) is 0 Å². The lowest BCUT2D eigenvalue weighted by molar-refractivity contribution is 0.0388. The smallest absolute Gasteiger partial charge is 0.319 e. The maximum atomic E-state index is 11.9. The number of benzene rings is 1. The Balaban J connectivity index is 1.42. The monoisotopic (exact) mass is 333 g/mol. The van der Waals surface area contributed by atoms with Crippen LogP contribution in [0.4, 0.5) is 10.5 Å². The molecule has 1 aliphatic rings. The SMILES string of the molecule is O=C(NCCN1CCOCC1)Nc1ccc(-c2csnn2)cc1. The van der Waals surface area contributed by atoms with Crippen LogP contribution < -0.4 is 10.6 Å². The first-order valence-electron chi connectivity index (χ1n) is 7.54. The predicted molar refractivity (Wildman–Crippen MR) is 89.6 cm³/mol. The molecule has 0 radical (unpaired) electrons. The average molecular weight is 333 g/mol. The van der Waals surface area contributed by atoms with Crippen LogP contribution in [0.3, 0.4) is 0 Å². The zero-order chi connectivity index (χ0) is 15.9. The Kier molecular flexibility index (Phi) is 5.51. The van der Waals surface area contributed by atoms with E-state index in [0.717, 1.165) is 49.8 Å². The summed E-state index contributed by atoms with van der Waals surface area (Å²) in [6, 6.07) is 7.36. The Bertz CT molecular complexity index is 611. The van der Waals surface area contributed by atoms with Gasteiger partial charge in [-0.1, -0.05) is 16.6 Å². The topological polar surface area (TPSA) is 79.4 Å². The Morgan fingerprint density at radius 3 is 2.74 bits per heavy atom. The molecule has 0 saturated carbocycles. The number of carbonyl (C=O) groups excluding carboxylic acids is 1. The van der Waals surface area contributed by atoms with E-state index in [2.05, 4.69) is 25.1 Å². The van der Waals surface area contributed by atoms with Crippen molar-refractivity contribution in [2.24, 2.45) is 0 Å². The Morgan fingerprint density at radius 1 is 1.26 bits per heavy atom. The zero-order valence-corrected chi connectivity index (χ0v) is 13.5. The fourth-order valence-electron chi connectivity index (χ4n) is 2.34. The van der Waals surface area contributed by atoms with Crippen LogP contribution in [0.2, 0.25) is 0 Å². The number of aromatic nitrogens is 2. The molecule has 1 fully saturated rings. The van der Waals surface area contributed by atoms with E-state index in [1.165, 1.54) is 11.5 Å². The van der Waals surface area contributed by atoms with Gasteiger partial charge in [0.15, 0.2) is 0 Å². The molecule has 3 rings (SSSR count). The molecule has 0 spiro atoms. The largest absolute Gasteiger partial charge is 0.379 e. The van der Waals surface area contributed by atoms with Crippen molar-refractivity contribution in [3.05, 3.63) is 29.6 Å². The normalized spacial score (nSPS) is 15.3. The van der Waals surface area contributed by atoms with Crippen molar-refractivity contribution < 1.29 is 9.53 Å². The highest BCUT2D eigenvalue weighted by molar-refractivity contribution is 7.03. The maximum Gasteiger partial charge on any atom is 0.319 e. The number of ether oxygens (including phenoxy) is 1. The van der Waals surface area contributed by atoms with Gasteiger partial charge in [0.2, 0.25) is 0 Å². The summed E-state index contributed by atoms with van der Waals surface area (Å²) in [7, 11) is 0. The highest BCUT2D eigenvalue weighted by Crippen LogP contribution is 2.19. The fraction of sp³-hybridized carbons (Fsp3) is 0.400. The quantitative estimate of drug-likeness (QED) is 0.870. The van der Waals surface area contributed by atoms with Crippen LogP contribution in [0.1, 0.15) is 0 Å². The second-order valence-electron chi connectivity index (χ2n) is 5.20. The van der Waals surface area contributed by atoms with Crippen molar-refractivity contribution in [3.63, 3.8) is 0 Å². The molecule has 0 bridgehead atoms. The van der Waals surface area contributed by atoms with Gasteiger partial charge in [-0.3, -0.25) is 4.90 Å². The van der Waals surface area contributed by atoms with Crippen LogP contribution in [0.15, 0.2) is 29.6 Å². The van der Waals surface area contributed by atoms with Crippen LogP contribution in [-0.2, 0) is 4.74 Å². The number of urea groups is 1. The molecule has 2 amide bonds. The summed E-state index contributed by atoms with van der Waals surface area (Å²) in [5.41, 5.74) is 2.58. The third kappa shape index (κ3) is 4.72. The molecular weight excluding hydrogens is 314 g/mol. The van der Waals surface area contributed by atoms with Crippen molar-refractivity contribution in [2.75, 3.05) is 44.7 Å². The minimum absolute atomic E-state index is 0.193. The molecule has 2 aromatic rings. The number of nitrogens with one attached hydrogen (secondary N) is 2. The molecule has 0 atom stereocenters. The first-order chi connectivity index (χ1) is 11.3. The molecule has 1 aliphatic heterocycles. The number of amides is 2. The minimum Gasteiger partial charge on any atom is -0.379 e. The van der Waals surface area contributed by atoms with E-state index >= 15 is 0 Å². The summed E-state index contributed by atoms with van der Waals surface area (Å²) in [6.45, 7) is 4.85. The van der Waals surface area contributed by atoms with Gasteiger partial charge < -0.3 is 15.4 Å². The van der Waals surface area contributed by atoms with Gasteiger partial charge >= 0.3 is 6.03 Å². The second kappa shape index (κ2) is 8.00. The number of anilines is 1. The van der Waals surface area contributed by atoms with Gasteiger partial charge in [-0.05, 0) is 23.7 Å². The Hall–Kier alpha value is -2.03. The molecule has 7 nitrogen and oxygen atoms in total. The maximum absolute atomic E-state index is 11.9. The molecule has 1 aromatic carbocycles. The summed E-state index contributed by atoms with van der Waals surface area (Å²) in [4.78, 5) is 14.2. The van der Waals surface area contributed by atoms with E-state index in [4.69, 9.17) is 4.74 Å². The van der Waals surface area contributed by atoms with Gasteiger partial charge in [0.05, 0.1) is 13.2 Å².